The van der Waals surface area contributed by atoms with Crippen LogP contribution >= 0.6 is 24.0 Å². The van der Waals surface area contributed by atoms with Gasteiger partial charge in [-0.3, -0.25) is 4.98 Å². The molecule has 1 N–H and O–H groups in total. The van der Waals surface area contributed by atoms with Crippen molar-refractivity contribution in [3.63, 3.8) is 0 Å². The molecular weight excluding hydrogens is 459 g/mol. The van der Waals surface area contributed by atoms with Crippen LogP contribution in [-0.2, 0) is 6.54 Å². The minimum Gasteiger partial charge on any atom is -0.490 e. The summed E-state index contributed by atoms with van der Waals surface area (Å²) in [5.41, 5.74) is 1.13. The van der Waals surface area contributed by atoms with Crippen molar-refractivity contribution in [3.05, 3.63) is 48.3 Å². The second-order valence-corrected chi connectivity index (χ2v) is 5.82. The van der Waals surface area contributed by atoms with Crippen LogP contribution in [0.5, 0.6) is 17.2 Å². The first-order chi connectivity index (χ1) is 12.8. The van der Waals surface area contributed by atoms with Crippen molar-refractivity contribution in [2.75, 3.05) is 33.5 Å². The zero-order chi connectivity index (χ0) is 18.2. The number of rotatable bonds is 7. The van der Waals surface area contributed by atoms with Crippen LogP contribution in [0.25, 0.3) is 0 Å². The molecule has 146 valence electrons. The Labute approximate surface area is 176 Å². The Morgan fingerprint density at radius 3 is 2.93 bits per heavy atom. The Kier molecular flexibility index (Phi) is 8.43. The van der Waals surface area contributed by atoms with Gasteiger partial charge in [-0.15, -0.1) is 24.0 Å². The fourth-order valence-corrected chi connectivity index (χ4v) is 2.61. The highest BCUT2D eigenvalue weighted by atomic mass is 127. The van der Waals surface area contributed by atoms with E-state index in [0.717, 1.165) is 35.3 Å². The molecule has 8 heteroatoms. The molecule has 0 aliphatic carbocycles. The number of halogens is 1. The van der Waals surface area contributed by atoms with E-state index in [0.29, 0.717) is 19.7 Å². The van der Waals surface area contributed by atoms with Gasteiger partial charge >= 0.3 is 0 Å². The second-order valence-electron chi connectivity index (χ2n) is 5.82. The molecule has 0 unspecified atom stereocenters. The predicted octanol–water partition coefficient (Wildman–Crippen LogP) is 2.90. The molecule has 1 aromatic heterocycles. The zero-order valence-electron chi connectivity index (χ0n) is 15.6. The fraction of sp³-hybridized carbons (Fsp3) is 0.368. The van der Waals surface area contributed by atoms with E-state index in [9.17, 15) is 0 Å². The Balaban J connectivity index is 0.00000261. The summed E-state index contributed by atoms with van der Waals surface area (Å²) in [6.45, 7) is 4.91. The number of pyridine rings is 1. The maximum Gasteiger partial charge on any atom is 0.231 e. The van der Waals surface area contributed by atoms with Crippen LogP contribution in [0.4, 0.5) is 0 Å². The number of hydrogen-bond donors (Lipinski definition) is 1. The molecule has 1 aliphatic rings. The smallest absolute Gasteiger partial charge is 0.231 e. The molecular formula is C19H25IN4O3. The number of fused-ring (bicyclic) bond motifs is 1. The first-order valence-corrected chi connectivity index (χ1v) is 8.67. The molecule has 0 saturated heterocycles. The number of aromatic nitrogens is 1. The molecule has 2 heterocycles. The summed E-state index contributed by atoms with van der Waals surface area (Å²) in [6.07, 6.45) is 3.42. The van der Waals surface area contributed by atoms with Crippen molar-refractivity contribution in [3.8, 4) is 17.2 Å². The molecule has 0 amide bonds. The summed E-state index contributed by atoms with van der Waals surface area (Å²) in [5.74, 6) is 3.17. The third-order valence-corrected chi connectivity index (χ3v) is 3.81. The van der Waals surface area contributed by atoms with Crippen LogP contribution in [-0.4, -0.2) is 49.4 Å². The molecule has 7 nitrogen and oxygen atoms in total. The molecule has 0 atom stereocenters. The molecule has 1 aliphatic heterocycles. The monoisotopic (exact) mass is 484 g/mol. The first kappa shape index (κ1) is 21.1. The number of nitrogens with one attached hydrogen (secondary N) is 1. The average Bonchev–Trinajstić information content (AvgIpc) is 3.13. The lowest BCUT2D eigenvalue weighted by molar-refractivity contribution is 0.174. The first-order valence-electron chi connectivity index (χ1n) is 8.67. The summed E-state index contributed by atoms with van der Waals surface area (Å²) in [7, 11) is 2.01. The fourth-order valence-electron chi connectivity index (χ4n) is 2.61. The van der Waals surface area contributed by atoms with Gasteiger partial charge in [0.05, 0.1) is 12.7 Å². The summed E-state index contributed by atoms with van der Waals surface area (Å²) in [6, 6.07) is 9.72. The number of ether oxygens (including phenoxy) is 3. The summed E-state index contributed by atoms with van der Waals surface area (Å²) >= 11 is 0. The third-order valence-electron chi connectivity index (χ3n) is 3.81. The van der Waals surface area contributed by atoms with Crippen LogP contribution in [0, 0.1) is 0 Å². The largest absolute Gasteiger partial charge is 0.490 e. The van der Waals surface area contributed by atoms with Crippen molar-refractivity contribution in [2.24, 2.45) is 4.99 Å². The lowest BCUT2D eigenvalue weighted by Crippen LogP contribution is -2.38. The van der Waals surface area contributed by atoms with E-state index >= 15 is 0 Å². The number of benzene rings is 1. The van der Waals surface area contributed by atoms with Crippen molar-refractivity contribution in [1.29, 1.82) is 0 Å². The highest BCUT2D eigenvalue weighted by Gasteiger charge is 2.14. The Hall–Kier alpha value is -2.23. The van der Waals surface area contributed by atoms with Gasteiger partial charge in [0.1, 0.15) is 12.4 Å². The second kappa shape index (κ2) is 10.8. The SMILES string of the molecule is CCNC(=NCCOc1cccnc1)N(C)Cc1ccc2c(c1)OCO2.I. The molecule has 0 fully saturated rings. The minimum atomic E-state index is 0. The molecule has 0 bridgehead atoms. The number of guanidine groups is 1. The van der Waals surface area contributed by atoms with Crippen LogP contribution < -0.4 is 19.5 Å². The van der Waals surface area contributed by atoms with Gasteiger partial charge in [0.15, 0.2) is 17.5 Å². The number of nitrogens with zero attached hydrogens (tertiary/aromatic N) is 3. The topological polar surface area (TPSA) is 68.2 Å². The van der Waals surface area contributed by atoms with E-state index in [-0.39, 0.29) is 30.8 Å². The third kappa shape index (κ3) is 6.16. The molecule has 0 saturated carbocycles. The lowest BCUT2D eigenvalue weighted by atomic mass is 10.2. The quantitative estimate of drug-likeness (QED) is 0.282. The molecule has 0 spiro atoms. The van der Waals surface area contributed by atoms with Crippen LogP contribution in [0.3, 0.4) is 0 Å². The van der Waals surface area contributed by atoms with E-state index in [4.69, 9.17) is 14.2 Å². The van der Waals surface area contributed by atoms with Crippen molar-refractivity contribution in [2.45, 2.75) is 13.5 Å². The molecule has 27 heavy (non-hydrogen) atoms. The highest BCUT2D eigenvalue weighted by molar-refractivity contribution is 14.0. The number of aliphatic imine (C=N–C) groups is 1. The van der Waals surface area contributed by atoms with E-state index in [2.05, 4.69) is 27.1 Å². The predicted molar refractivity (Wildman–Crippen MR) is 115 cm³/mol. The zero-order valence-corrected chi connectivity index (χ0v) is 17.9. The summed E-state index contributed by atoms with van der Waals surface area (Å²) in [4.78, 5) is 10.7. The van der Waals surface area contributed by atoms with Gasteiger partial charge in [0.2, 0.25) is 6.79 Å². The van der Waals surface area contributed by atoms with E-state index in [1.165, 1.54) is 0 Å². The Bertz CT molecular complexity index is 743. The van der Waals surface area contributed by atoms with Crippen LogP contribution in [0.1, 0.15) is 12.5 Å². The normalized spacial score (nSPS) is 12.3. The molecule has 1 aromatic carbocycles. The summed E-state index contributed by atoms with van der Waals surface area (Å²) in [5, 5.41) is 3.31. The van der Waals surface area contributed by atoms with Crippen molar-refractivity contribution in [1.82, 2.24) is 15.2 Å². The van der Waals surface area contributed by atoms with E-state index in [1.54, 1.807) is 12.4 Å². The summed E-state index contributed by atoms with van der Waals surface area (Å²) < 4.78 is 16.4. The van der Waals surface area contributed by atoms with Gasteiger partial charge in [0, 0.05) is 26.3 Å². The van der Waals surface area contributed by atoms with Gasteiger partial charge in [-0.1, -0.05) is 6.07 Å². The van der Waals surface area contributed by atoms with Gasteiger partial charge in [-0.05, 0) is 36.8 Å². The van der Waals surface area contributed by atoms with Gasteiger partial charge in [0.25, 0.3) is 0 Å². The van der Waals surface area contributed by atoms with E-state index in [1.807, 2.05) is 37.4 Å². The van der Waals surface area contributed by atoms with Crippen LogP contribution in [0.2, 0.25) is 0 Å². The van der Waals surface area contributed by atoms with Gasteiger partial charge in [-0.25, -0.2) is 4.99 Å². The standard InChI is InChI=1S/C19H24N4O3.HI/c1-3-21-19(22-9-10-24-16-5-4-8-20-12-16)23(2)13-15-6-7-17-18(11-15)26-14-25-17;/h4-8,11-12H,3,9-10,13-14H2,1-2H3,(H,21,22);1H. The van der Waals surface area contributed by atoms with Gasteiger partial charge < -0.3 is 24.4 Å². The maximum atomic E-state index is 5.64. The lowest BCUT2D eigenvalue weighted by Gasteiger charge is -2.22. The maximum absolute atomic E-state index is 5.64. The van der Waals surface area contributed by atoms with Crippen molar-refractivity contribution >= 4 is 29.9 Å². The minimum absolute atomic E-state index is 0. The van der Waals surface area contributed by atoms with E-state index < -0.39 is 0 Å². The Morgan fingerprint density at radius 1 is 1.30 bits per heavy atom. The van der Waals surface area contributed by atoms with Gasteiger partial charge in [-0.2, -0.15) is 0 Å². The molecule has 2 aromatic rings. The van der Waals surface area contributed by atoms with Crippen LogP contribution in [0.15, 0.2) is 47.7 Å². The average molecular weight is 484 g/mol. The highest BCUT2D eigenvalue weighted by Crippen LogP contribution is 2.32. The molecule has 0 radical (unpaired) electrons. The molecule has 3 rings (SSSR count). The number of hydrogen-bond acceptors (Lipinski definition) is 5. The Morgan fingerprint density at radius 2 is 2.15 bits per heavy atom. The van der Waals surface area contributed by atoms with Crippen molar-refractivity contribution < 1.29 is 14.2 Å².